The first-order chi connectivity index (χ1) is 7.74. The van der Waals surface area contributed by atoms with Crippen molar-refractivity contribution in [3.63, 3.8) is 0 Å². The van der Waals surface area contributed by atoms with E-state index in [0.29, 0.717) is 6.07 Å². The zero-order valence-corrected chi connectivity index (χ0v) is 8.69. The predicted molar refractivity (Wildman–Crippen MR) is 46.8 cm³/mol. The lowest BCUT2D eigenvalue weighted by Crippen LogP contribution is -2.19. The highest BCUT2D eigenvalue weighted by Gasteiger charge is 2.34. The van der Waals surface area contributed by atoms with Gasteiger partial charge in [-0.2, -0.15) is 0 Å². The summed E-state index contributed by atoms with van der Waals surface area (Å²) in [5.41, 5.74) is -1.36. The fraction of sp³-hybridized carbons (Fsp3) is 0.375. The molecule has 17 heavy (non-hydrogen) atoms. The highest BCUT2D eigenvalue weighted by atomic mass is 35.5. The molecule has 0 saturated carbocycles. The van der Waals surface area contributed by atoms with Crippen molar-refractivity contribution in [3.05, 3.63) is 22.5 Å². The Morgan fingerprint density at radius 3 is 2.41 bits per heavy atom. The van der Waals surface area contributed by atoms with Crippen LogP contribution < -0.4 is 4.74 Å². The molecule has 0 fully saturated rings. The van der Waals surface area contributed by atoms with Crippen LogP contribution in [0.5, 0.6) is 5.75 Å². The second-order valence-electron chi connectivity index (χ2n) is 2.83. The van der Waals surface area contributed by atoms with Crippen LogP contribution in [-0.2, 0) is 6.61 Å². The first kappa shape index (κ1) is 13.9. The zero-order valence-electron chi connectivity index (χ0n) is 7.93. The second-order valence-corrected chi connectivity index (χ2v) is 3.19. The van der Waals surface area contributed by atoms with E-state index in [1.165, 1.54) is 0 Å². The van der Waals surface area contributed by atoms with E-state index in [2.05, 4.69) is 9.72 Å². The van der Waals surface area contributed by atoms with Crippen LogP contribution in [0, 0.1) is 0 Å². The standard InChI is InChI=1S/C8H5ClF5NO2/c9-6-5(17-8(12,13)14)3(2-16)1-4(15-6)7(10)11/h1,7,16H,2H2. The highest BCUT2D eigenvalue weighted by Crippen LogP contribution is 2.34. The van der Waals surface area contributed by atoms with Gasteiger partial charge in [-0.15, -0.1) is 13.2 Å². The smallest absolute Gasteiger partial charge is 0.402 e. The van der Waals surface area contributed by atoms with Gasteiger partial charge in [0.05, 0.1) is 6.61 Å². The molecule has 0 spiro atoms. The molecule has 1 aromatic heterocycles. The SMILES string of the molecule is OCc1cc(C(F)F)nc(Cl)c1OC(F)(F)F. The van der Waals surface area contributed by atoms with Crippen LogP contribution in [0.1, 0.15) is 17.7 Å². The van der Waals surface area contributed by atoms with Crippen molar-refractivity contribution >= 4 is 11.6 Å². The van der Waals surface area contributed by atoms with Gasteiger partial charge in [-0.05, 0) is 6.07 Å². The van der Waals surface area contributed by atoms with Crippen LogP contribution in [0.4, 0.5) is 22.0 Å². The van der Waals surface area contributed by atoms with Crippen molar-refractivity contribution < 1.29 is 31.8 Å². The maximum Gasteiger partial charge on any atom is 0.573 e. The summed E-state index contributed by atoms with van der Waals surface area (Å²) in [7, 11) is 0. The Kier molecular flexibility index (Phi) is 4.10. The quantitative estimate of drug-likeness (QED) is 0.682. The van der Waals surface area contributed by atoms with Crippen molar-refractivity contribution in [2.24, 2.45) is 0 Å². The molecular weight excluding hydrogens is 273 g/mol. The number of halogens is 6. The normalized spacial score (nSPS) is 12.0. The summed E-state index contributed by atoms with van der Waals surface area (Å²) in [6, 6.07) is 0.595. The van der Waals surface area contributed by atoms with Gasteiger partial charge in [0, 0.05) is 5.56 Å². The molecule has 3 nitrogen and oxygen atoms in total. The molecule has 0 radical (unpaired) electrons. The molecule has 9 heteroatoms. The van der Waals surface area contributed by atoms with Crippen molar-refractivity contribution in [1.29, 1.82) is 0 Å². The number of ether oxygens (including phenoxy) is 1. The fourth-order valence-corrected chi connectivity index (χ4v) is 1.28. The van der Waals surface area contributed by atoms with Crippen LogP contribution in [0.15, 0.2) is 6.07 Å². The molecule has 1 heterocycles. The van der Waals surface area contributed by atoms with Gasteiger partial charge in [0.2, 0.25) is 0 Å². The number of rotatable bonds is 3. The largest absolute Gasteiger partial charge is 0.573 e. The van der Waals surface area contributed by atoms with Gasteiger partial charge in [0.1, 0.15) is 5.69 Å². The molecule has 0 aliphatic heterocycles. The molecular formula is C8H5ClF5NO2. The van der Waals surface area contributed by atoms with Crippen molar-refractivity contribution in [1.82, 2.24) is 4.98 Å². The van der Waals surface area contributed by atoms with Gasteiger partial charge < -0.3 is 9.84 Å². The molecule has 0 aromatic carbocycles. The van der Waals surface area contributed by atoms with E-state index in [1.807, 2.05) is 0 Å². The Morgan fingerprint density at radius 2 is 2.00 bits per heavy atom. The number of pyridine rings is 1. The molecule has 1 aromatic rings. The average Bonchev–Trinajstić information content (AvgIpc) is 2.18. The minimum atomic E-state index is -5.05. The van der Waals surface area contributed by atoms with Gasteiger partial charge in [0.15, 0.2) is 10.9 Å². The number of nitrogens with zero attached hydrogens (tertiary/aromatic N) is 1. The second kappa shape index (κ2) is 5.01. The maximum atomic E-state index is 12.3. The Balaban J connectivity index is 3.21. The number of aromatic nitrogens is 1. The van der Waals surface area contributed by atoms with E-state index in [-0.39, 0.29) is 0 Å². The Bertz CT molecular complexity index is 410. The van der Waals surface area contributed by atoms with Crippen molar-refractivity contribution in [3.8, 4) is 5.75 Å². The van der Waals surface area contributed by atoms with E-state index in [0.717, 1.165) is 0 Å². The monoisotopic (exact) mass is 277 g/mol. The molecule has 0 aliphatic rings. The first-order valence-corrected chi connectivity index (χ1v) is 4.46. The van der Waals surface area contributed by atoms with E-state index >= 15 is 0 Å². The lowest BCUT2D eigenvalue weighted by molar-refractivity contribution is -0.275. The Labute approximate surface area is 96.8 Å². The third kappa shape index (κ3) is 3.67. The van der Waals surface area contributed by atoms with E-state index in [9.17, 15) is 22.0 Å². The minimum absolute atomic E-state index is 0.516. The van der Waals surface area contributed by atoms with Gasteiger partial charge in [0.25, 0.3) is 6.43 Å². The van der Waals surface area contributed by atoms with Crippen LogP contribution in [-0.4, -0.2) is 16.5 Å². The Hall–Kier alpha value is -1.15. The first-order valence-electron chi connectivity index (χ1n) is 4.08. The predicted octanol–water partition coefficient (Wildman–Crippen LogP) is 3.06. The fourth-order valence-electron chi connectivity index (χ4n) is 1.03. The summed E-state index contributed by atoms with van der Waals surface area (Å²) in [5, 5.41) is 7.88. The van der Waals surface area contributed by atoms with Crippen LogP contribution in [0.2, 0.25) is 5.15 Å². The molecule has 1 rings (SSSR count). The van der Waals surface area contributed by atoms with Crippen LogP contribution in [0.25, 0.3) is 0 Å². The topological polar surface area (TPSA) is 42.4 Å². The maximum absolute atomic E-state index is 12.3. The average molecular weight is 278 g/mol. The summed E-state index contributed by atoms with van der Waals surface area (Å²) < 4.78 is 63.9. The molecule has 1 N–H and O–H groups in total. The Morgan fingerprint density at radius 1 is 1.41 bits per heavy atom. The molecule has 0 aliphatic carbocycles. The number of hydrogen-bond donors (Lipinski definition) is 1. The molecule has 96 valence electrons. The van der Waals surface area contributed by atoms with Gasteiger partial charge in [-0.25, -0.2) is 13.8 Å². The summed E-state index contributed by atoms with van der Waals surface area (Å²) in [6.45, 7) is -0.937. The summed E-state index contributed by atoms with van der Waals surface area (Å²) >= 11 is 5.28. The molecule has 0 saturated heterocycles. The number of hydrogen-bond acceptors (Lipinski definition) is 3. The molecule has 0 bridgehead atoms. The lowest BCUT2D eigenvalue weighted by Gasteiger charge is -2.14. The number of aliphatic hydroxyl groups excluding tert-OH is 1. The third-order valence-electron chi connectivity index (χ3n) is 1.64. The van der Waals surface area contributed by atoms with E-state index in [4.69, 9.17) is 16.7 Å². The van der Waals surface area contributed by atoms with Crippen LogP contribution in [0.3, 0.4) is 0 Å². The number of aliphatic hydroxyl groups is 1. The van der Waals surface area contributed by atoms with Crippen LogP contribution >= 0.6 is 11.6 Å². The molecule has 0 amide bonds. The zero-order chi connectivity index (χ0) is 13.2. The molecule has 0 atom stereocenters. The van der Waals surface area contributed by atoms with E-state index in [1.54, 1.807) is 0 Å². The highest BCUT2D eigenvalue weighted by molar-refractivity contribution is 6.31. The van der Waals surface area contributed by atoms with Gasteiger partial charge >= 0.3 is 6.36 Å². The third-order valence-corrected chi connectivity index (χ3v) is 1.90. The van der Waals surface area contributed by atoms with Crippen molar-refractivity contribution in [2.45, 2.75) is 19.4 Å². The lowest BCUT2D eigenvalue weighted by atomic mass is 10.2. The van der Waals surface area contributed by atoms with Gasteiger partial charge in [-0.3, -0.25) is 0 Å². The minimum Gasteiger partial charge on any atom is -0.402 e. The van der Waals surface area contributed by atoms with Gasteiger partial charge in [-0.1, -0.05) is 11.6 Å². The summed E-state index contributed by atoms with van der Waals surface area (Å²) in [5.74, 6) is -0.980. The summed E-state index contributed by atoms with van der Waals surface area (Å²) in [4.78, 5) is 3.04. The molecule has 0 unspecified atom stereocenters. The summed E-state index contributed by atoms with van der Waals surface area (Å²) in [6.07, 6.45) is -8.07. The van der Waals surface area contributed by atoms with E-state index < -0.39 is 41.6 Å². The van der Waals surface area contributed by atoms with Crippen molar-refractivity contribution in [2.75, 3.05) is 0 Å². The number of alkyl halides is 5.